The number of anilines is 1. The van der Waals surface area contributed by atoms with E-state index in [4.69, 9.17) is 0 Å². The summed E-state index contributed by atoms with van der Waals surface area (Å²) in [6, 6.07) is 0. The molecule has 10 heavy (non-hydrogen) atoms. The van der Waals surface area contributed by atoms with Gasteiger partial charge in [-0.2, -0.15) is 4.37 Å². The van der Waals surface area contributed by atoms with Gasteiger partial charge in [-0.1, -0.05) is 0 Å². The smallest absolute Gasteiger partial charge is 0.0656 e. The maximum absolute atomic E-state index is 3.99. The molecular formula is C7H12N2S. The van der Waals surface area contributed by atoms with E-state index in [1.807, 2.05) is 11.6 Å². The lowest BCUT2D eigenvalue weighted by atomic mass is 10.1. The van der Waals surface area contributed by atoms with Gasteiger partial charge in [-0.25, -0.2) is 0 Å². The Bertz CT molecular complexity index is 186. The van der Waals surface area contributed by atoms with Crippen molar-refractivity contribution in [3.8, 4) is 0 Å². The van der Waals surface area contributed by atoms with Crippen LogP contribution in [0.15, 0.2) is 11.6 Å². The third-order valence-corrected chi connectivity index (χ3v) is 1.54. The molecule has 1 aromatic heterocycles. The lowest BCUT2D eigenvalue weighted by molar-refractivity contribution is 0.634. The quantitative estimate of drug-likeness (QED) is 0.675. The fourth-order valence-corrected chi connectivity index (χ4v) is 1.17. The van der Waals surface area contributed by atoms with Gasteiger partial charge < -0.3 is 5.32 Å². The van der Waals surface area contributed by atoms with Crippen LogP contribution in [-0.2, 0) is 0 Å². The lowest BCUT2D eigenvalue weighted by Crippen LogP contribution is -2.25. The van der Waals surface area contributed by atoms with Gasteiger partial charge in [0.1, 0.15) is 0 Å². The zero-order valence-electron chi connectivity index (χ0n) is 6.51. The van der Waals surface area contributed by atoms with Crippen molar-refractivity contribution in [2.45, 2.75) is 26.3 Å². The standard InChI is InChI=1S/C7H12N2S/c1-7(2,3)9-6-4-8-10-5-6/h4-5,9H,1-3H3. The average Bonchev–Trinajstić information content (AvgIpc) is 2.12. The Balaban J connectivity index is 2.57. The molecule has 0 radical (unpaired) electrons. The van der Waals surface area contributed by atoms with Crippen molar-refractivity contribution < 1.29 is 0 Å². The van der Waals surface area contributed by atoms with Gasteiger partial charge in [0.05, 0.1) is 11.9 Å². The second kappa shape index (κ2) is 2.58. The van der Waals surface area contributed by atoms with E-state index in [1.54, 1.807) is 0 Å². The predicted octanol–water partition coefficient (Wildman–Crippen LogP) is 2.35. The largest absolute Gasteiger partial charge is 0.378 e. The van der Waals surface area contributed by atoms with Crippen LogP contribution in [0.2, 0.25) is 0 Å². The van der Waals surface area contributed by atoms with Crippen molar-refractivity contribution >= 4 is 17.2 Å². The fraction of sp³-hybridized carbons (Fsp3) is 0.571. The molecule has 3 heteroatoms. The summed E-state index contributed by atoms with van der Waals surface area (Å²) in [5.41, 5.74) is 1.25. The Morgan fingerprint density at radius 3 is 2.60 bits per heavy atom. The Morgan fingerprint density at radius 2 is 2.20 bits per heavy atom. The third-order valence-electron chi connectivity index (χ3n) is 0.952. The van der Waals surface area contributed by atoms with Crippen LogP contribution >= 0.6 is 11.5 Å². The molecule has 0 saturated carbocycles. The normalized spacial score (nSPS) is 11.5. The highest BCUT2D eigenvalue weighted by Crippen LogP contribution is 2.14. The first-order valence-electron chi connectivity index (χ1n) is 3.25. The molecular weight excluding hydrogens is 144 g/mol. The zero-order chi connectivity index (χ0) is 7.61. The first-order chi connectivity index (χ1) is 4.58. The van der Waals surface area contributed by atoms with Crippen molar-refractivity contribution in [3.63, 3.8) is 0 Å². The highest BCUT2D eigenvalue weighted by Gasteiger charge is 2.08. The van der Waals surface area contributed by atoms with E-state index >= 15 is 0 Å². The second-order valence-electron chi connectivity index (χ2n) is 3.29. The summed E-state index contributed by atoms with van der Waals surface area (Å²) in [4.78, 5) is 0. The minimum atomic E-state index is 0.142. The fourth-order valence-electron chi connectivity index (χ4n) is 0.700. The maximum atomic E-state index is 3.99. The van der Waals surface area contributed by atoms with Crippen LogP contribution in [0, 0.1) is 0 Å². The molecule has 0 fully saturated rings. The van der Waals surface area contributed by atoms with E-state index in [1.165, 1.54) is 11.5 Å². The molecule has 0 atom stereocenters. The van der Waals surface area contributed by atoms with Crippen molar-refractivity contribution in [3.05, 3.63) is 11.6 Å². The van der Waals surface area contributed by atoms with E-state index in [9.17, 15) is 0 Å². The average molecular weight is 156 g/mol. The molecule has 1 heterocycles. The molecule has 0 amide bonds. The monoisotopic (exact) mass is 156 g/mol. The van der Waals surface area contributed by atoms with Gasteiger partial charge in [0.2, 0.25) is 0 Å². The Morgan fingerprint density at radius 1 is 1.50 bits per heavy atom. The predicted molar refractivity (Wildman–Crippen MR) is 45.5 cm³/mol. The van der Waals surface area contributed by atoms with Crippen molar-refractivity contribution in [2.75, 3.05) is 5.32 Å². The summed E-state index contributed by atoms with van der Waals surface area (Å²) < 4.78 is 3.99. The summed E-state index contributed by atoms with van der Waals surface area (Å²) in [7, 11) is 0. The van der Waals surface area contributed by atoms with Gasteiger partial charge in [0.15, 0.2) is 0 Å². The van der Waals surface area contributed by atoms with E-state index in [0.717, 1.165) is 5.69 Å². The molecule has 56 valence electrons. The van der Waals surface area contributed by atoms with Gasteiger partial charge >= 0.3 is 0 Å². The van der Waals surface area contributed by atoms with Crippen LogP contribution < -0.4 is 5.32 Å². The van der Waals surface area contributed by atoms with Gasteiger partial charge in [-0.15, -0.1) is 0 Å². The topological polar surface area (TPSA) is 24.9 Å². The molecule has 0 unspecified atom stereocenters. The number of hydrogen-bond donors (Lipinski definition) is 1. The van der Waals surface area contributed by atoms with Crippen molar-refractivity contribution in [2.24, 2.45) is 0 Å². The van der Waals surface area contributed by atoms with Crippen LogP contribution in [0.1, 0.15) is 20.8 Å². The lowest BCUT2D eigenvalue weighted by Gasteiger charge is -2.20. The molecule has 0 aliphatic rings. The first kappa shape index (κ1) is 7.54. The van der Waals surface area contributed by atoms with Crippen LogP contribution in [0.25, 0.3) is 0 Å². The molecule has 0 aliphatic heterocycles. The Hall–Kier alpha value is -0.570. The summed E-state index contributed by atoms with van der Waals surface area (Å²) in [5, 5.41) is 5.31. The molecule has 2 nitrogen and oxygen atoms in total. The van der Waals surface area contributed by atoms with Crippen molar-refractivity contribution in [1.82, 2.24) is 4.37 Å². The molecule has 1 aromatic rings. The zero-order valence-corrected chi connectivity index (χ0v) is 7.33. The van der Waals surface area contributed by atoms with Crippen LogP contribution in [-0.4, -0.2) is 9.91 Å². The number of hydrogen-bond acceptors (Lipinski definition) is 3. The first-order valence-corrected chi connectivity index (χ1v) is 4.09. The molecule has 0 spiro atoms. The summed E-state index contributed by atoms with van der Waals surface area (Å²) >= 11 is 1.47. The van der Waals surface area contributed by atoms with Crippen molar-refractivity contribution in [1.29, 1.82) is 0 Å². The molecule has 0 bridgehead atoms. The van der Waals surface area contributed by atoms with E-state index in [-0.39, 0.29) is 5.54 Å². The summed E-state index contributed by atoms with van der Waals surface area (Å²) in [6.07, 6.45) is 1.84. The van der Waals surface area contributed by atoms with Crippen LogP contribution in [0.5, 0.6) is 0 Å². The summed E-state index contributed by atoms with van der Waals surface area (Å²) in [6.45, 7) is 6.39. The number of nitrogens with zero attached hydrogens (tertiary/aromatic N) is 1. The molecule has 0 saturated heterocycles. The third kappa shape index (κ3) is 2.35. The van der Waals surface area contributed by atoms with Crippen LogP contribution in [0.3, 0.4) is 0 Å². The van der Waals surface area contributed by atoms with E-state index in [2.05, 4.69) is 30.5 Å². The van der Waals surface area contributed by atoms with E-state index in [0.29, 0.717) is 0 Å². The molecule has 1 rings (SSSR count). The number of rotatable bonds is 1. The van der Waals surface area contributed by atoms with Gasteiger partial charge in [-0.3, -0.25) is 0 Å². The minimum absolute atomic E-state index is 0.142. The minimum Gasteiger partial charge on any atom is -0.378 e. The summed E-state index contributed by atoms with van der Waals surface area (Å²) in [5.74, 6) is 0. The number of nitrogens with one attached hydrogen (secondary N) is 1. The van der Waals surface area contributed by atoms with Crippen LogP contribution in [0.4, 0.5) is 5.69 Å². The maximum Gasteiger partial charge on any atom is 0.0656 e. The molecule has 0 aliphatic carbocycles. The molecule has 1 N–H and O–H groups in total. The number of aromatic nitrogens is 1. The molecule has 0 aromatic carbocycles. The van der Waals surface area contributed by atoms with Gasteiger partial charge in [-0.05, 0) is 32.3 Å². The Labute approximate surface area is 65.4 Å². The second-order valence-corrected chi connectivity index (χ2v) is 3.95. The highest BCUT2D eigenvalue weighted by molar-refractivity contribution is 7.04. The Kier molecular flexibility index (Phi) is 1.94. The van der Waals surface area contributed by atoms with Gasteiger partial charge in [0, 0.05) is 10.9 Å². The van der Waals surface area contributed by atoms with Gasteiger partial charge in [0.25, 0.3) is 0 Å². The van der Waals surface area contributed by atoms with E-state index < -0.39 is 0 Å². The highest BCUT2D eigenvalue weighted by atomic mass is 32.1. The SMILES string of the molecule is CC(C)(C)Nc1cnsc1.